The Morgan fingerprint density at radius 2 is 1.78 bits per heavy atom. The van der Waals surface area contributed by atoms with E-state index in [2.05, 4.69) is 0 Å². The summed E-state index contributed by atoms with van der Waals surface area (Å²) in [4.78, 5) is 26.7. The second kappa shape index (κ2) is 7.10. The van der Waals surface area contributed by atoms with E-state index >= 15 is 0 Å². The summed E-state index contributed by atoms with van der Waals surface area (Å²) in [5, 5.41) is 2.21. The van der Waals surface area contributed by atoms with Gasteiger partial charge in [-0.3, -0.25) is 14.5 Å². The quantitative estimate of drug-likeness (QED) is 0.339. The van der Waals surface area contributed by atoms with Crippen molar-refractivity contribution in [2.45, 2.75) is 6.92 Å². The van der Waals surface area contributed by atoms with Gasteiger partial charge in [-0.25, -0.2) is 0 Å². The number of carbonyl (C=O) groups is 2. The first kappa shape index (κ1) is 17.6. The number of hydrogen-bond donors (Lipinski definition) is 0. The second-order valence-electron chi connectivity index (χ2n) is 6.19. The topological polar surface area (TPSA) is 37.4 Å². The van der Waals surface area contributed by atoms with Gasteiger partial charge in [-0.15, -0.1) is 0 Å². The number of thioether (sulfide) groups is 1. The zero-order valence-corrected chi connectivity index (χ0v) is 16.1. The zero-order chi connectivity index (χ0) is 19.0. The van der Waals surface area contributed by atoms with Crippen molar-refractivity contribution in [2.75, 3.05) is 4.90 Å². The average molecular weight is 390 g/mol. The summed E-state index contributed by atoms with van der Waals surface area (Å²) >= 11 is 6.72. The van der Waals surface area contributed by atoms with E-state index in [9.17, 15) is 9.59 Å². The molecule has 0 radical (unpaired) electrons. The minimum absolute atomic E-state index is 0.0476. The lowest BCUT2D eigenvalue weighted by molar-refractivity contribution is -0.113. The molecular formula is C22H15NO2S2. The molecule has 0 spiro atoms. The standard InChI is InChI=1S/C22H15NO2S2/c1-14(24)16-8-5-10-18(12-16)23-21(25)20(27-22(23)26)13-17-9-4-7-15-6-2-3-11-19(15)17/h2-13H,1H3. The highest BCUT2D eigenvalue weighted by molar-refractivity contribution is 8.27. The number of rotatable bonds is 3. The third-order valence-electron chi connectivity index (χ3n) is 4.41. The first-order valence-corrected chi connectivity index (χ1v) is 9.64. The van der Waals surface area contributed by atoms with Crippen LogP contribution in [0.3, 0.4) is 0 Å². The summed E-state index contributed by atoms with van der Waals surface area (Å²) in [6.07, 6.45) is 1.89. The van der Waals surface area contributed by atoms with E-state index in [0.29, 0.717) is 20.5 Å². The van der Waals surface area contributed by atoms with Crippen LogP contribution < -0.4 is 4.90 Å². The molecule has 1 saturated heterocycles. The number of anilines is 1. The zero-order valence-electron chi connectivity index (χ0n) is 14.5. The van der Waals surface area contributed by atoms with Gasteiger partial charge in [-0.2, -0.15) is 0 Å². The van der Waals surface area contributed by atoms with Gasteiger partial charge in [0.2, 0.25) is 0 Å². The molecule has 132 valence electrons. The van der Waals surface area contributed by atoms with E-state index in [-0.39, 0.29) is 11.7 Å². The van der Waals surface area contributed by atoms with E-state index in [4.69, 9.17) is 12.2 Å². The molecule has 3 aromatic carbocycles. The average Bonchev–Trinajstić information content (AvgIpc) is 2.95. The number of nitrogens with zero attached hydrogens (tertiary/aromatic N) is 1. The highest BCUT2D eigenvalue weighted by Crippen LogP contribution is 2.37. The predicted octanol–water partition coefficient (Wildman–Crippen LogP) is 5.45. The molecule has 5 heteroatoms. The number of ketones is 1. The van der Waals surface area contributed by atoms with Gasteiger partial charge in [0.15, 0.2) is 10.1 Å². The third kappa shape index (κ3) is 3.31. The van der Waals surface area contributed by atoms with Crippen LogP contribution in [0.2, 0.25) is 0 Å². The van der Waals surface area contributed by atoms with E-state index in [0.717, 1.165) is 16.3 Å². The van der Waals surface area contributed by atoms with Gasteiger partial charge in [0.25, 0.3) is 5.91 Å². The highest BCUT2D eigenvalue weighted by Gasteiger charge is 2.33. The summed E-state index contributed by atoms with van der Waals surface area (Å²) in [7, 11) is 0. The van der Waals surface area contributed by atoms with Gasteiger partial charge in [-0.1, -0.05) is 78.6 Å². The Balaban J connectivity index is 1.74. The first-order valence-electron chi connectivity index (χ1n) is 8.41. The Labute approximate surface area is 166 Å². The van der Waals surface area contributed by atoms with Gasteiger partial charge in [0.1, 0.15) is 0 Å². The molecule has 1 fully saturated rings. The van der Waals surface area contributed by atoms with Crippen LogP contribution in [0.5, 0.6) is 0 Å². The largest absolute Gasteiger partial charge is 0.295 e. The number of Topliss-reactive ketones (excluding diaryl/α,β-unsaturated/α-hetero) is 1. The van der Waals surface area contributed by atoms with Crippen LogP contribution in [0.1, 0.15) is 22.8 Å². The number of carbonyl (C=O) groups excluding carboxylic acids is 2. The van der Waals surface area contributed by atoms with Gasteiger partial charge in [-0.05, 0) is 41.5 Å². The third-order valence-corrected chi connectivity index (χ3v) is 5.72. The predicted molar refractivity (Wildman–Crippen MR) is 116 cm³/mol. The van der Waals surface area contributed by atoms with Gasteiger partial charge >= 0.3 is 0 Å². The summed E-state index contributed by atoms with van der Waals surface area (Å²) < 4.78 is 0.465. The molecule has 1 aliphatic heterocycles. The van der Waals surface area contributed by atoms with E-state index in [1.54, 1.807) is 24.3 Å². The van der Waals surface area contributed by atoms with Gasteiger partial charge < -0.3 is 0 Å². The van der Waals surface area contributed by atoms with Crippen LogP contribution in [0, 0.1) is 0 Å². The van der Waals surface area contributed by atoms with Crippen molar-refractivity contribution in [3.63, 3.8) is 0 Å². The van der Waals surface area contributed by atoms with Crippen molar-refractivity contribution in [3.05, 3.63) is 82.8 Å². The van der Waals surface area contributed by atoms with Gasteiger partial charge in [0, 0.05) is 5.56 Å². The smallest absolute Gasteiger partial charge is 0.270 e. The lowest BCUT2D eigenvalue weighted by Crippen LogP contribution is -2.27. The number of thiocarbonyl (C=S) groups is 1. The SMILES string of the molecule is CC(=O)c1cccc(N2C(=O)C(=Cc3cccc4ccccc34)SC2=S)c1. The van der Waals surface area contributed by atoms with Crippen molar-refractivity contribution in [1.82, 2.24) is 0 Å². The Kier molecular flexibility index (Phi) is 4.64. The van der Waals surface area contributed by atoms with E-state index in [1.165, 1.54) is 23.6 Å². The van der Waals surface area contributed by atoms with Crippen molar-refractivity contribution >= 4 is 62.5 Å². The Morgan fingerprint density at radius 1 is 1.04 bits per heavy atom. The van der Waals surface area contributed by atoms with E-state index < -0.39 is 0 Å². The minimum Gasteiger partial charge on any atom is -0.295 e. The minimum atomic E-state index is -0.168. The Morgan fingerprint density at radius 3 is 2.59 bits per heavy atom. The van der Waals surface area contributed by atoms with Crippen LogP contribution in [0.4, 0.5) is 5.69 Å². The molecule has 0 aliphatic carbocycles. The lowest BCUT2D eigenvalue weighted by atomic mass is 10.0. The molecule has 0 bridgehead atoms. The van der Waals surface area contributed by atoms with Crippen molar-refractivity contribution in [3.8, 4) is 0 Å². The molecule has 0 unspecified atom stereocenters. The summed E-state index contributed by atoms with van der Waals surface area (Å²) in [5.41, 5.74) is 2.15. The summed E-state index contributed by atoms with van der Waals surface area (Å²) in [6.45, 7) is 1.50. The van der Waals surface area contributed by atoms with E-state index in [1.807, 2.05) is 48.5 Å². The number of amides is 1. The fourth-order valence-electron chi connectivity index (χ4n) is 3.07. The molecule has 1 heterocycles. The monoisotopic (exact) mass is 389 g/mol. The molecular weight excluding hydrogens is 374 g/mol. The van der Waals surface area contributed by atoms with Crippen molar-refractivity contribution < 1.29 is 9.59 Å². The van der Waals surface area contributed by atoms with Gasteiger partial charge in [0.05, 0.1) is 10.6 Å². The maximum absolute atomic E-state index is 13.0. The number of fused-ring (bicyclic) bond motifs is 1. The fraction of sp³-hybridized carbons (Fsp3) is 0.0455. The van der Waals surface area contributed by atoms with Crippen molar-refractivity contribution in [2.24, 2.45) is 0 Å². The Bertz CT molecular complexity index is 1130. The molecule has 4 rings (SSSR count). The molecule has 3 aromatic rings. The molecule has 0 atom stereocenters. The van der Waals surface area contributed by atoms with Crippen LogP contribution in [-0.2, 0) is 4.79 Å². The van der Waals surface area contributed by atoms with Crippen LogP contribution >= 0.6 is 24.0 Å². The summed E-state index contributed by atoms with van der Waals surface area (Å²) in [5.74, 6) is -0.216. The number of hydrogen-bond acceptors (Lipinski definition) is 4. The molecule has 1 aliphatic rings. The maximum atomic E-state index is 13.0. The van der Waals surface area contributed by atoms with Crippen molar-refractivity contribution in [1.29, 1.82) is 0 Å². The lowest BCUT2D eigenvalue weighted by Gasteiger charge is -2.15. The fourth-order valence-corrected chi connectivity index (χ4v) is 4.36. The van der Waals surface area contributed by atoms with Crippen LogP contribution in [-0.4, -0.2) is 16.0 Å². The molecule has 0 aromatic heterocycles. The number of benzene rings is 3. The highest BCUT2D eigenvalue weighted by atomic mass is 32.2. The summed E-state index contributed by atoms with van der Waals surface area (Å²) in [6, 6.07) is 21.1. The maximum Gasteiger partial charge on any atom is 0.270 e. The second-order valence-corrected chi connectivity index (χ2v) is 7.87. The normalized spacial score (nSPS) is 15.7. The molecule has 27 heavy (non-hydrogen) atoms. The molecule has 0 saturated carbocycles. The molecule has 0 N–H and O–H groups in total. The Hall–Kier alpha value is -2.76. The molecule has 3 nitrogen and oxygen atoms in total. The molecule has 1 amide bonds. The first-order chi connectivity index (χ1) is 13.0. The van der Waals surface area contributed by atoms with Crippen LogP contribution in [0.25, 0.3) is 16.8 Å². The van der Waals surface area contributed by atoms with Crippen LogP contribution in [0.15, 0.2) is 71.6 Å².